The molecule has 1 aromatic rings. The van der Waals surface area contributed by atoms with E-state index in [1.807, 2.05) is 0 Å². The van der Waals surface area contributed by atoms with Crippen LogP contribution in [0, 0.1) is 0 Å². The molecule has 1 aromatic carbocycles. The Balaban J connectivity index is 1.93. The quantitative estimate of drug-likeness (QED) is 0.0811. The van der Waals surface area contributed by atoms with E-state index >= 15 is 0 Å². The van der Waals surface area contributed by atoms with E-state index in [-0.39, 0.29) is 23.0 Å². The van der Waals surface area contributed by atoms with Crippen molar-refractivity contribution in [2.45, 2.75) is 122 Å². The number of unbranched alkanes of at least 4 members (excludes halogenated alkanes) is 15. The highest BCUT2D eigenvalue weighted by Gasteiger charge is 2.14. The Morgan fingerprint density at radius 1 is 0.771 bits per heavy atom. The monoisotopic (exact) mass is 488 g/mol. The number of carbonyl (C=O) groups excluding carboxylic acids is 2. The second-order valence-corrected chi connectivity index (χ2v) is 9.39. The lowest BCUT2D eigenvalue weighted by Gasteiger charge is -2.07. The molecular formula is C30H48O5. The summed E-state index contributed by atoms with van der Waals surface area (Å²) in [4.78, 5) is 23.6. The highest BCUT2D eigenvalue weighted by Crippen LogP contribution is 2.24. The number of hydrogen-bond donors (Lipinski definition) is 1. The molecule has 0 aromatic heterocycles. The van der Waals surface area contributed by atoms with Gasteiger partial charge < -0.3 is 14.6 Å². The number of phenolic OH excluding ortho intramolecular Hbond substituents is 1. The fourth-order valence-corrected chi connectivity index (χ4v) is 4.08. The lowest BCUT2D eigenvalue weighted by molar-refractivity contribution is -0.134. The van der Waals surface area contributed by atoms with Crippen molar-refractivity contribution in [3.8, 4) is 11.5 Å². The van der Waals surface area contributed by atoms with Gasteiger partial charge in [-0.2, -0.15) is 0 Å². The number of rotatable bonds is 21. The zero-order chi connectivity index (χ0) is 25.6. The van der Waals surface area contributed by atoms with Crippen molar-refractivity contribution in [3.63, 3.8) is 0 Å². The third kappa shape index (κ3) is 16.1. The smallest absolute Gasteiger partial charge is 0.341 e. The Morgan fingerprint density at radius 2 is 1.29 bits per heavy atom. The van der Waals surface area contributed by atoms with Crippen LogP contribution in [0.15, 0.2) is 30.4 Å². The number of hydrogen-bond acceptors (Lipinski definition) is 5. The number of benzene rings is 1. The molecule has 0 saturated carbocycles. The van der Waals surface area contributed by atoms with Crippen LogP contribution in [0.2, 0.25) is 0 Å². The summed E-state index contributed by atoms with van der Waals surface area (Å²) in [5.41, 5.74) is -0.0160. The summed E-state index contributed by atoms with van der Waals surface area (Å²) < 4.78 is 9.89. The zero-order valence-corrected chi connectivity index (χ0v) is 22.2. The van der Waals surface area contributed by atoms with Crippen LogP contribution >= 0.6 is 0 Å². The van der Waals surface area contributed by atoms with Gasteiger partial charge in [-0.1, -0.05) is 96.1 Å². The van der Waals surface area contributed by atoms with Crippen molar-refractivity contribution in [2.75, 3.05) is 7.11 Å². The lowest BCUT2D eigenvalue weighted by atomic mass is 10.1. The molecule has 5 heteroatoms. The molecule has 0 fully saturated rings. The van der Waals surface area contributed by atoms with E-state index in [2.05, 4.69) is 23.8 Å². The molecular weight excluding hydrogens is 440 g/mol. The first-order valence-electron chi connectivity index (χ1n) is 13.9. The van der Waals surface area contributed by atoms with Gasteiger partial charge in [0.15, 0.2) is 0 Å². The van der Waals surface area contributed by atoms with Gasteiger partial charge in [0.05, 0.1) is 7.11 Å². The maximum absolute atomic E-state index is 12.0. The van der Waals surface area contributed by atoms with Crippen LogP contribution in [0.25, 0.3) is 0 Å². The van der Waals surface area contributed by atoms with Crippen molar-refractivity contribution in [1.82, 2.24) is 0 Å². The summed E-state index contributed by atoms with van der Waals surface area (Å²) in [5, 5.41) is 9.70. The van der Waals surface area contributed by atoms with Crippen LogP contribution < -0.4 is 4.74 Å². The third-order valence-electron chi connectivity index (χ3n) is 6.25. The molecule has 0 bridgehead atoms. The molecule has 1 N–H and O–H groups in total. The zero-order valence-electron chi connectivity index (χ0n) is 22.2. The molecule has 1 rings (SSSR count). The Hall–Kier alpha value is -2.30. The van der Waals surface area contributed by atoms with E-state index in [1.165, 1.54) is 115 Å². The normalized spacial score (nSPS) is 11.1. The second kappa shape index (κ2) is 21.0. The van der Waals surface area contributed by atoms with Crippen LogP contribution in [0.1, 0.15) is 133 Å². The minimum Gasteiger partial charge on any atom is -0.507 e. The van der Waals surface area contributed by atoms with E-state index in [0.29, 0.717) is 6.42 Å². The number of methoxy groups -OCH3 is 1. The fraction of sp³-hybridized carbons (Fsp3) is 0.667. The first-order valence-corrected chi connectivity index (χ1v) is 13.9. The van der Waals surface area contributed by atoms with Gasteiger partial charge in [-0.05, 0) is 50.3 Å². The van der Waals surface area contributed by atoms with Gasteiger partial charge >= 0.3 is 11.9 Å². The maximum Gasteiger partial charge on any atom is 0.341 e. The molecule has 5 nitrogen and oxygen atoms in total. The molecule has 0 aliphatic rings. The number of aromatic hydroxyl groups is 1. The topological polar surface area (TPSA) is 72.8 Å². The Kier molecular flexibility index (Phi) is 18.5. The first kappa shape index (κ1) is 30.7. The van der Waals surface area contributed by atoms with Gasteiger partial charge in [-0.15, -0.1) is 0 Å². The molecule has 35 heavy (non-hydrogen) atoms. The number of carbonyl (C=O) groups is 2. The number of esters is 2. The molecule has 0 radical (unpaired) electrons. The predicted molar refractivity (Wildman–Crippen MR) is 143 cm³/mol. The van der Waals surface area contributed by atoms with Crippen LogP contribution in [-0.2, 0) is 9.53 Å². The summed E-state index contributed by atoms with van der Waals surface area (Å²) in [5.74, 6) is -0.961. The van der Waals surface area contributed by atoms with Gasteiger partial charge in [-0.25, -0.2) is 4.79 Å². The van der Waals surface area contributed by atoms with Gasteiger partial charge in [-0.3, -0.25) is 4.79 Å². The molecule has 0 saturated heterocycles. The molecule has 0 atom stereocenters. The molecule has 0 amide bonds. The van der Waals surface area contributed by atoms with Crippen LogP contribution in [0.5, 0.6) is 11.5 Å². The summed E-state index contributed by atoms with van der Waals surface area (Å²) in [6.45, 7) is 2.27. The van der Waals surface area contributed by atoms with Gasteiger partial charge in [0.1, 0.15) is 17.1 Å². The molecule has 0 heterocycles. The number of ether oxygens (including phenoxy) is 2. The first-order chi connectivity index (χ1) is 17.1. The van der Waals surface area contributed by atoms with E-state index < -0.39 is 5.97 Å². The van der Waals surface area contributed by atoms with Crippen LogP contribution in [0.4, 0.5) is 0 Å². The van der Waals surface area contributed by atoms with E-state index in [9.17, 15) is 14.7 Å². The van der Waals surface area contributed by atoms with Crippen LogP contribution in [0.3, 0.4) is 0 Å². The third-order valence-corrected chi connectivity index (χ3v) is 6.25. The average Bonchev–Trinajstić information content (AvgIpc) is 2.86. The minimum absolute atomic E-state index is 0.0160. The van der Waals surface area contributed by atoms with E-state index in [0.717, 1.165) is 19.3 Å². The number of phenols is 1. The Bertz CT molecular complexity index is 725. The van der Waals surface area contributed by atoms with Crippen molar-refractivity contribution < 1.29 is 24.2 Å². The van der Waals surface area contributed by atoms with Crippen LogP contribution in [-0.4, -0.2) is 24.2 Å². The number of allylic oxidation sites excluding steroid dienone is 2. The summed E-state index contributed by atoms with van der Waals surface area (Å²) in [6.07, 6.45) is 26.5. The van der Waals surface area contributed by atoms with Crippen molar-refractivity contribution in [1.29, 1.82) is 0 Å². The molecule has 0 aliphatic carbocycles. The SMILES string of the molecule is CCCCCCCC/C=C\CCCCCCCCCCCC(=O)Oc1ccc(O)c(C(=O)OC)c1. The summed E-state index contributed by atoms with van der Waals surface area (Å²) >= 11 is 0. The van der Waals surface area contributed by atoms with E-state index in [1.54, 1.807) is 0 Å². The molecule has 198 valence electrons. The molecule has 0 spiro atoms. The van der Waals surface area contributed by atoms with Gasteiger partial charge in [0, 0.05) is 6.42 Å². The second-order valence-electron chi connectivity index (χ2n) is 9.39. The molecule has 0 aliphatic heterocycles. The predicted octanol–water partition coefficient (Wildman–Crippen LogP) is 8.68. The summed E-state index contributed by atoms with van der Waals surface area (Å²) in [7, 11) is 1.23. The highest BCUT2D eigenvalue weighted by molar-refractivity contribution is 5.93. The van der Waals surface area contributed by atoms with Gasteiger partial charge in [0.25, 0.3) is 0 Å². The standard InChI is InChI=1S/C30H48O5/c1-3-4-5-6-7-8-9-10-11-12-13-14-15-16-17-18-19-20-21-22-29(32)35-26-23-24-28(31)27(25-26)30(33)34-2/h10-11,23-25,31H,3-9,12-22H2,1-2H3/b11-10-. The maximum atomic E-state index is 12.0. The minimum atomic E-state index is -0.670. The fourth-order valence-electron chi connectivity index (χ4n) is 4.08. The largest absolute Gasteiger partial charge is 0.507 e. The Morgan fingerprint density at radius 3 is 1.83 bits per heavy atom. The Labute approximate surface area is 213 Å². The van der Waals surface area contributed by atoms with Crippen molar-refractivity contribution >= 4 is 11.9 Å². The van der Waals surface area contributed by atoms with Gasteiger partial charge in [0.2, 0.25) is 0 Å². The molecule has 0 unspecified atom stereocenters. The van der Waals surface area contributed by atoms with E-state index in [4.69, 9.17) is 4.74 Å². The van der Waals surface area contributed by atoms with Crippen molar-refractivity contribution in [2.24, 2.45) is 0 Å². The average molecular weight is 489 g/mol. The lowest BCUT2D eigenvalue weighted by Crippen LogP contribution is -2.09. The highest BCUT2D eigenvalue weighted by atomic mass is 16.5. The van der Waals surface area contributed by atoms with Crippen molar-refractivity contribution in [3.05, 3.63) is 35.9 Å². The summed E-state index contributed by atoms with van der Waals surface area (Å²) in [6, 6.07) is 4.11.